The first-order chi connectivity index (χ1) is 18.5. The van der Waals surface area contributed by atoms with Gasteiger partial charge in [0, 0.05) is 36.9 Å². The van der Waals surface area contributed by atoms with Crippen molar-refractivity contribution in [2.45, 2.75) is 38.0 Å². The van der Waals surface area contributed by atoms with Crippen LogP contribution >= 0.6 is 11.6 Å². The Morgan fingerprint density at radius 1 is 1.03 bits per heavy atom. The van der Waals surface area contributed by atoms with Gasteiger partial charge in [0.15, 0.2) is 0 Å². The molecule has 7 heteroatoms. The van der Waals surface area contributed by atoms with Crippen LogP contribution in [0.3, 0.4) is 0 Å². The van der Waals surface area contributed by atoms with E-state index in [2.05, 4.69) is 17.1 Å². The first-order valence-electron chi connectivity index (χ1n) is 12.9. The number of rotatable bonds is 7. The van der Waals surface area contributed by atoms with E-state index in [1.807, 2.05) is 78.7 Å². The van der Waals surface area contributed by atoms with Gasteiger partial charge in [-0.25, -0.2) is 9.97 Å². The maximum absolute atomic E-state index is 14.1. The molecule has 1 aliphatic heterocycles. The first kappa shape index (κ1) is 25.9. The molecule has 0 saturated carbocycles. The lowest BCUT2D eigenvalue weighted by Gasteiger charge is -2.39. The molecule has 2 heterocycles. The number of aliphatic hydroxyl groups excluding tert-OH is 1. The average Bonchev–Trinajstić information content (AvgIpc) is 2.97. The predicted octanol–water partition coefficient (Wildman–Crippen LogP) is 6.16. The minimum Gasteiger partial charge on any atom is -0.386 e. The highest BCUT2D eigenvalue weighted by atomic mass is 35.5. The number of hydrogen-bond acceptors (Lipinski definition) is 5. The van der Waals surface area contributed by atoms with Crippen LogP contribution < -0.4 is 4.90 Å². The molecule has 1 aromatic heterocycles. The van der Waals surface area contributed by atoms with Crippen molar-refractivity contribution in [3.63, 3.8) is 0 Å². The predicted molar refractivity (Wildman–Crippen MR) is 151 cm³/mol. The number of likely N-dealkylation sites (tertiary alicyclic amines) is 1. The van der Waals surface area contributed by atoms with Gasteiger partial charge in [0.25, 0.3) is 5.91 Å². The van der Waals surface area contributed by atoms with Crippen LogP contribution in [0.2, 0.25) is 5.02 Å². The zero-order chi connectivity index (χ0) is 26.5. The minimum absolute atomic E-state index is 0.197. The molecule has 0 radical (unpaired) electrons. The van der Waals surface area contributed by atoms with Crippen molar-refractivity contribution in [3.05, 3.63) is 113 Å². The maximum Gasteiger partial charge on any atom is 0.258 e. The summed E-state index contributed by atoms with van der Waals surface area (Å²) in [4.78, 5) is 27.3. The van der Waals surface area contributed by atoms with Gasteiger partial charge in [0.1, 0.15) is 0 Å². The van der Waals surface area contributed by atoms with Crippen LogP contribution in [-0.4, -0.2) is 45.5 Å². The minimum atomic E-state index is -0.776. The Morgan fingerprint density at radius 3 is 2.45 bits per heavy atom. The molecule has 1 aliphatic rings. The third-order valence-corrected chi connectivity index (χ3v) is 7.38. The van der Waals surface area contributed by atoms with E-state index in [1.165, 1.54) is 0 Å². The Bertz CT molecular complexity index is 1380. The summed E-state index contributed by atoms with van der Waals surface area (Å²) >= 11 is 6.60. The molecule has 2 atom stereocenters. The summed E-state index contributed by atoms with van der Waals surface area (Å²) in [6.07, 6.45) is 3.38. The fourth-order valence-electron chi connectivity index (χ4n) is 5.06. The van der Waals surface area contributed by atoms with Gasteiger partial charge in [-0.2, -0.15) is 0 Å². The molecule has 5 rings (SSSR count). The Hall–Kier alpha value is -3.74. The van der Waals surface area contributed by atoms with Crippen molar-refractivity contribution < 1.29 is 9.90 Å². The van der Waals surface area contributed by atoms with Crippen LogP contribution in [0.15, 0.2) is 91.1 Å². The summed E-state index contributed by atoms with van der Waals surface area (Å²) in [6.45, 7) is 1.18. The van der Waals surface area contributed by atoms with Gasteiger partial charge in [-0.15, -0.1) is 0 Å². The van der Waals surface area contributed by atoms with Gasteiger partial charge in [0.05, 0.1) is 23.4 Å². The monoisotopic (exact) mass is 526 g/mol. The standard InChI is InChI=1S/C31H31ClN4O2/c1-35(21-22-12-4-2-5-13-22)31-33-20-25(28(34-31)24-16-8-9-17-26(24)32)30(38)36-19-11-10-18-27(36)29(37)23-14-6-3-7-15-23/h2-9,12-17,20,27,29,37H,10-11,18-19,21H2,1H3. The Morgan fingerprint density at radius 2 is 1.71 bits per heavy atom. The van der Waals surface area contributed by atoms with Crippen LogP contribution in [0.4, 0.5) is 5.95 Å². The van der Waals surface area contributed by atoms with Crippen LogP contribution in [0.25, 0.3) is 11.3 Å². The lowest BCUT2D eigenvalue weighted by Crippen LogP contribution is -2.47. The second kappa shape index (κ2) is 11.8. The molecule has 1 saturated heterocycles. The molecular weight excluding hydrogens is 496 g/mol. The van der Waals surface area contributed by atoms with E-state index in [0.29, 0.717) is 40.9 Å². The fourth-order valence-corrected chi connectivity index (χ4v) is 5.29. The normalized spacial score (nSPS) is 16.2. The van der Waals surface area contributed by atoms with Crippen molar-refractivity contribution in [2.24, 2.45) is 0 Å². The largest absolute Gasteiger partial charge is 0.386 e. The van der Waals surface area contributed by atoms with Gasteiger partial charge in [0.2, 0.25) is 5.95 Å². The highest BCUT2D eigenvalue weighted by Crippen LogP contribution is 2.34. The van der Waals surface area contributed by atoms with Crippen LogP contribution in [0.5, 0.6) is 0 Å². The number of anilines is 1. The Labute approximate surface area is 228 Å². The maximum atomic E-state index is 14.1. The van der Waals surface area contributed by atoms with Crippen molar-refractivity contribution in [2.75, 3.05) is 18.5 Å². The number of halogens is 1. The molecule has 2 unspecified atom stereocenters. The Kier molecular flexibility index (Phi) is 8.01. The molecule has 0 bridgehead atoms. The zero-order valence-corrected chi connectivity index (χ0v) is 22.1. The molecule has 6 nitrogen and oxygen atoms in total. The molecule has 1 N–H and O–H groups in total. The number of aliphatic hydroxyl groups is 1. The van der Waals surface area contributed by atoms with Gasteiger partial charge in [-0.1, -0.05) is 90.5 Å². The summed E-state index contributed by atoms with van der Waals surface area (Å²) in [5.74, 6) is 0.303. The molecule has 194 valence electrons. The summed E-state index contributed by atoms with van der Waals surface area (Å²) in [5.41, 5.74) is 3.47. The van der Waals surface area contributed by atoms with Gasteiger partial charge < -0.3 is 14.9 Å². The quantitative estimate of drug-likeness (QED) is 0.312. The SMILES string of the molecule is CN(Cc1ccccc1)c1ncc(C(=O)N2CCCCC2C(O)c2ccccc2)c(-c2ccccc2Cl)n1. The van der Waals surface area contributed by atoms with Crippen LogP contribution in [-0.2, 0) is 6.54 Å². The average molecular weight is 527 g/mol. The molecule has 1 fully saturated rings. The van der Waals surface area contributed by atoms with Crippen molar-refractivity contribution in [1.29, 1.82) is 0 Å². The molecular formula is C31H31ClN4O2. The topological polar surface area (TPSA) is 69.6 Å². The van der Waals surface area contributed by atoms with Gasteiger partial charge in [-0.3, -0.25) is 4.79 Å². The number of carbonyl (C=O) groups is 1. The van der Waals surface area contributed by atoms with E-state index in [1.54, 1.807) is 17.2 Å². The number of benzene rings is 3. The summed E-state index contributed by atoms with van der Waals surface area (Å²) < 4.78 is 0. The molecule has 4 aromatic rings. The van der Waals surface area contributed by atoms with E-state index in [9.17, 15) is 9.90 Å². The highest BCUT2D eigenvalue weighted by Gasteiger charge is 2.35. The van der Waals surface area contributed by atoms with E-state index < -0.39 is 6.10 Å². The van der Waals surface area contributed by atoms with Gasteiger partial charge >= 0.3 is 0 Å². The summed E-state index contributed by atoms with van der Waals surface area (Å²) in [7, 11) is 1.93. The first-order valence-corrected chi connectivity index (χ1v) is 13.3. The second-order valence-corrected chi connectivity index (χ2v) is 10.1. The van der Waals surface area contributed by atoms with E-state index in [0.717, 1.165) is 30.4 Å². The number of hydrogen-bond donors (Lipinski definition) is 1. The molecule has 0 spiro atoms. The Balaban J connectivity index is 1.51. The molecule has 38 heavy (non-hydrogen) atoms. The summed E-state index contributed by atoms with van der Waals surface area (Å²) in [6, 6.07) is 26.7. The number of nitrogens with zero attached hydrogens (tertiary/aromatic N) is 4. The van der Waals surface area contributed by atoms with Crippen molar-refractivity contribution in [1.82, 2.24) is 14.9 Å². The zero-order valence-electron chi connectivity index (χ0n) is 21.4. The highest BCUT2D eigenvalue weighted by molar-refractivity contribution is 6.33. The third kappa shape index (κ3) is 5.57. The van der Waals surface area contributed by atoms with Crippen LogP contribution in [0, 0.1) is 0 Å². The third-order valence-electron chi connectivity index (χ3n) is 7.06. The van der Waals surface area contributed by atoms with Crippen molar-refractivity contribution in [3.8, 4) is 11.3 Å². The van der Waals surface area contributed by atoms with Crippen molar-refractivity contribution >= 4 is 23.5 Å². The molecule has 0 aliphatic carbocycles. The number of carbonyl (C=O) groups excluding carboxylic acids is 1. The number of aromatic nitrogens is 2. The van der Waals surface area contributed by atoms with E-state index in [4.69, 9.17) is 16.6 Å². The molecule has 1 amide bonds. The van der Waals surface area contributed by atoms with E-state index in [-0.39, 0.29) is 11.9 Å². The lowest BCUT2D eigenvalue weighted by atomic mass is 9.92. The molecule has 3 aromatic carbocycles. The summed E-state index contributed by atoms with van der Waals surface area (Å²) in [5, 5.41) is 11.8. The second-order valence-electron chi connectivity index (χ2n) is 9.67. The number of piperidine rings is 1. The van der Waals surface area contributed by atoms with Gasteiger partial charge in [-0.05, 0) is 36.5 Å². The fraction of sp³-hybridized carbons (Fsp3) is 0.258. The number of amides is 1. The van der Waals surface area contributed by atoms with Crippen LogP contribution in [0.1, 0.15) is 46.9 Å². The lowest BCUT2D eigenvalue weighted by molar-refractivity contribution is 0.0212. The smallest absolute Gasteiger partial charge is 0.258 e. The van der Waals surface area contributed by atoms with E-state index >= 15 is 0 Å².